The maximum Gasteiger partial charge on any atom is 0.416 e. The van der Waals surface area contributed by atoms with E-state index in [2.05, 4.69) is 4.90 Å². The molecule has 2 heterocycles. The van der Waals surface area contributed by atoms with E-state index in [1.165, 1.54) is 17.0 Å². The summed E-state index contributed by atoms with van der Waals surface area (Å²) >= 11 is 0. The number of carbonyl (C=O) groups is 2. The van der Waals surface area contributed by atoms with Crippen LogP contribution in [-0.2, 0) is 16.0 Å². The number of amides is 2. The van der Waals surface area contributed by atoms with Crippen molar-refractivity contribution in [1.82, 2.24) is 9.80 Å². The largest absolute Gasteiger partial charge is 0.447 e. The SMILES string of the molecule is CC(C)(C)N1C[C@@H](C(=O)N2C(=O)OC[C@@H]2Cc2ccccc2)[C@H](c2ccc(F)cc2F)C1. The summed E-state index contributed by atoms with van der Waals surface area (Å²) in [5.41, 5.74) is 1.04. The van der Waals surface area contributed by atoms with Crippen LogP contribution in [0.1, 0.15) is 37.8 Å². The molecule has 0 aliphatic carbocycles. The zero-order valence-electron chi connectivity index (χ0n) is 18.6. The standard InChI is InChI=1S/C25H28F2N2O3/c1-25(2,3)28-13-20(19-10-9-17(26)12-22(19)27)21(14-28)23(30)29-18(15-32-24(29)31)11-16-7-5-4-6-8-16/h4-10,12,18,20-21H,11,13-15H2,1-3H3/t18-,20-,21+/m0/s1. The molecule has 3 atom stereocenters. The van der Waals surface area contributed by atoms with Gasteiger partial charge in [0.25, 0.3) is 0 Å². The molecule has 0 aromatic heterocycles. The molecule has 32 heavy (non-hydrogen) atoms. The summed E-state index contributed by atoms with van der Waals surface area (Å²) in [6.07, 6.45) is -0.174. The normalized spacial score (nSPS) is 24.1. The van der Waals surface area contributed by atoms with Gasteiger partial charge < -0.3 is 4.74 Å². The van der Waals surface area contributed by atoms with Crippen LogP contribution in [0.25, 0.3) is 0 Å². The smallest absolute Gasteiger partial charge is 0.416 e. The number of nitrogens with zero attached hydrogens (tertiary/aromatic N) is 2. The molecule has 5 nitrogen and oxygen atoms in total. The van der Waals surface area contributed by atoms with Crippen LogP contribution in [-0.4, -0.2) is 53.1 Å². The molecule has 2 aromatic rings. The molecule has 0 saturated carbocycles. The summed E-state index contributed by atoms with van der Waals surface area (Å²) in [6.45, 7) is 7.03. The monoisotopic (exact) mass is 442 g/mol. The van der Waals surface area contributed by atoms with Crippen LogP contribution < -0.4 is 0 Å². The second kappa shape index (κ2) is 8.62. The molecule has 2 saturated heterocycles. The summed E-state index contributed by atoms with van der Waals surface area (Å²) in [6, 6.07) is 12.7. The van der Waals surface area contributed by atoms with Gasteiger partial charge in [-0.05, 0) is 44.4 Å². The lowest BCUT2D eigenvalue weighted by atomic mass is 9.87. The summed E-state index contributed by atoms with van der Waals surface area (Å²) in [7, 11) is 0. The molecule has 2 aliphatic heterocycles. The first-order valence-corrected chi connectivity index (χ1v) is 10.9. The van der Waals surface area contributed by atoms with Crippen LogP contribution in [0.15, 0.2) is 48.5 Å². The Kier molecular flexibility index (Phi) is 6.03. The third kappa shape index (κ3) is 4.39. The van der Waals surface area contributed by atoms with Crippen LogP contribution >= 0.6 is 0 Å². The van der Waals surface area contributed by atoms with Crippen molar-refractivity contribution in [1.29, 1.82) is 0 Å². The van der Waals surface area contributed by atoms with E-state index in [0.717, 1.165) is 11.6 Å². The molecule has 4 rings (SSSR count). The molecule has 0 unspecified atom stereocenters. The van der Waals surface area contributed by atoms with Gasteiger partial charge in [-0.1, -0.05) is 36.4 Å². The fourth-order valence-electron chi connectivity index (χ4n) is 4.66. The van der Waals surface area contributed by atoms with Crippen molar-refractivity contribution in [3.05, 3.63) is 71.3 Å². The number of cyclic esters (lactones) is 1. The van der Waals surface area contributed by atoms with Crippen LogP contribution in [0.5, 0.6) is 0 Å². The van der Waals surface area contributed by atoms with Crippen molar-refractivity contribution in [2.45, 2.75) is 44.7 Å². The second-order valence-electron chi connectivity index (χ2n) is 9.58. The number of hydrogen-bond donors (Lipinski definition) is 0. The van der Waals surface area contributed by atoms with Crippen LogP contribution in [0.4, 0.5) is 13.6 Å². The Hall–Kier alpha value is -2.80. The predicted molar refractivity (Wildman–Crippen MR) is 116 cm³/mol. The third-order valence-corrected chi connectivity index (χ3v) is 6.46. The van der Waals surface area contributed by atoms with Crippen molar-refractivity contribution >= 4 is 12.0 Å². The van der Waals surface area contributed by atoms with Gasteiger partial charge in [0.05, 0.1) is 12.0 Å². The molecular formula is C25H28F2N2O3. The molecule has 2 aromatic carbocycles. The number of imide groups is 1. The Labute approximate surface area is 187 Å². The summed E-state index contributed by atoms with van der Waals surface area (Å²) in [5, 5.41) is 0. The van der Waals surface area contributed by atoms with E-state index >= 15 is 0 Å². The van der Waals surface area contributed by atoms with Gasteiger partial charge in [-0.25, -0.2) is 18.5 Å². The maximum absolute atomic E-state index is 14.7. The van der Waals surface area contributed by atoms with Crippen LogP contribution in [0.3, 0.4) is 0 Å². The zero-order chi connectivity index (χ0) is 23.0. The quantitative estimate of drug-likeness (QED) is 0.706. The van der Waals surface area contributed by atoms with Crippen molar-refractivity contribution in [2.75, 3.05) is 19.7 Å². The number of carbonyl (C=O) groups excluding carboxylic acids is 2. The highest BCUT2D eigenvalue weighted by molar-refractivity contribution is 5.95. The minimum atomic E-state index is -0.673. The van der Waals surface area contributed by atoms with Crippen LogP contribution in [0.2, 0.25) is 0 Å². The van der Waals surface area contributed by atoms with E-state index < -0.39 is 35.6 Å². The molecule has 7 heteroatoms. The van der Waals surface area contributed by atoms with Crippen LogP contribution in [0, 0.1) is 17.6 Å². The van der Waals surface area contributed by atoms with Crippen molar-refractivity contribution in [3.63, 3.8) is 0 Å². The topological polar surface area (TPSA) is 49.9 Å². The van der Waals surface area contributed by atoms with Gasteiger partial charge in [-0.3, -0.25) is 9.69 Å². The Morgan fingerprint density at radius 1 is 1.09 bits per heavy atom. The first-order chi connectivity index (χ1) is 15.1. The molecular weight excluding hydrogens is 414 g/mol. The molecule has 0 N–H and O–H groups in total. The molecule has 2 amide bonds. The van der Waals surface area contributed by atoms with E-state index in [1.54, 1.807) is 0 Å². The molecule has 2 aliphatic rings. The number of likely N-dealkylation sites (tertiary alicyclic amines) is 1. The van der Waals surface area contributed by atoms with E-state index in [0.29, 0.717) is 25.1 Å². The van der Waals surface area contributed by atoms with E-state index in [9.17, 15) is 18.4 Å². The van der Waals surface area contributed by atoms with Gasteiger partial charge in [-0.2, -0.15) is 0 Å². The molecule has 170 valence electrons. The highest BCUT2D eigenvalue weighted by atomic mass is 19.1. The summed E-state index contributed by atoms with van der Waals surface area (Å²) in [4.78, 5) is 29.6. The fourth-order valence-corrected chi connectivity index (χ4v) is 4.66. The number of benzene rings is 2. The van der Waals surface area contributed by atoms with E-state index in [1.807, 2.05) is 51.1 Å². The summed E-state index contributed by atoms with van der Waals surface area (Å²) < 4.78 is 33.5. The molecule has 0 spiro atoms. The van der Waals surface area contributed by atoms with Crippen molar-refractivity contribution < 1.29 is 23.1 Å². The van der Waals surface area contributed by atoms with Gasteiger partial charge in [0.1, 0.15) is 18.2 Å². The average Bonchev–Trinajstić information content (AvgIpc) is 3.33. The average molecular weight is 443 g/mol. The first-order valence-electron chi connectivity index (χ1n) is 10.9. The van der Waals surface area contributed by atoms with Gasteiger partial charge >= 0.3 is 6.09 Å². The third-order valence-electron chi connectivity index (χ3n) is 6.46. The second-order valence-corrected chi connectivity index (χ2v) is 9.58. The number of hydrogen-bond acceptors (Lipinski definition) is 4. The lowest BCUT2D eigenvalue weighted by Crippen LogP contribution is -2.46. The molecule has 0 bridgehead atoms. The maximum atomic E-state index is 14.7. The number of ether oxygens (including phenoxy) is 1. The molecule has 2 fully saturated rings. The minimum Gasteiger partial charge on any atom is -0.447 e. The predicted octanol–water partition coefficient (Wildman–Crippen LogP) is 4.37. The van der Waals surface area contributed by atoms with Crippen molar-refractivity contribution in [2.24, 2.45) is 5.92 Å². The van der Waals surface area contributed by atoms with Gasteiger partial charge in [-0.15, -0.1) is 0 Å². The van der Waals surface area contributed by atoms with Gasteiger partial charge in [0, 0.05) is 30.6 Å². The lowest BCUT2D eigenvalue weighted by Gasteiger charge is -2.32. The van der Waals surface area contributed by atoms with Gasteiger partial charge in [0.15, 0.2) is 0 Å². The first kappa shape index (κ1) is 22.4. The highest BCUT2D eigenvalue weighted by Gasteiger charge is 2.48. The van der Waals surface area contributed by atoms with Gasteiger partial charge in [0.2, 0.25) is 5.91 Å². The lowest BCUT2D eigenvalue weighted by molar-refractivity contribution is -0.133. The van der Waals surface area contributed by atoms with E-state index in [-0.39, 0.29) is 18.1 Å². The van der Waals surface area contributed by atoms with Crippen molar-refractivity contribution in [3.8, 4) is 0 Å². The Morgan fingerprint density at radius 3 is 2.47 bits per heavy atom. The number of rotatable bonds is 4. The molecule has 0 radical (unpaired) electrons. The highest BCUT2D eigenvalue weighted by Crippen LogP contribution is 2.39. The Morgan fingerprint density at radius 2 is 1.81 bits per heavy atom. The van der Waals surface area contributed by atoms with E-state index in [4.69, 9.17) is 4.74 Å². The summed E-state index contributed by atoms with van der Waals surface area (Å²) in [5.74, 6) is -2.83. The fraction of sp³-hybridized carbons (Fsp3) is 0.440. The number of halogens is 2. The Balaban J connectivity index is 1.64. The Bertz CT molecular complexity index is 1010. The minimum absolute atomic E-state index is 0.130. The zero-order valence-corrected chi connectivity index (χ0v) is 18.6.